The van der Waals surface area contributed by atoms with Gasteiger partial charge in [0.15, 0.2) is 0 Å². The van der Waals surface area contributed by atoms with Gasteiger partial charge in [-0.3, -0.25) is 0 Å². The number of ether oxygens (including phenoxy) is 3. The van der Waals surface area contributed by atoms with E-state index in [2.05, 4.69) is 5.32 Å². The number of hydrogen-bond donors (Lipinski definition) is 1. The molecular weight excluding hydrogens is 242 g/mol. The predicted octanol–water partition coefficient (Wildman–Crippen LogP) is 2.12. The molecule has 2 saturated carbocycles. The Morgan fingerprint density at radius 2 is 1.95 bits per heavy atom. The lowest BCUT2D eigenvalue weighted by molar-refractivity contribution is -0.108. The molecule has 0 heterocycles. The molecule has 0 radical (unpaired) electrons. The molecule has 0 aromatic carbocycles. The van der Waals surface area contributed by atoms with Crippen LogP contribution in [-0.4, -0.2) is 51.7 Å². The summed E-state index contributed by atoms with van der Waals surface area (Å²) in [5.74, 6) is 0. The third-order valence-corrected chi connectivity index (χ3v) is 4.13. The summed E-state index contributed by atoms with van der Waals surface area (Å²) in [7, 11) is 1.70. The number of nitrogens with one attached hydrogen (secondary N) is 1. The lowest BCUT2D eigenvalue weighted by Gasteiger charge is -2.42. The van der Waals surface area contributed by atoms with E-state index >= 15 is 0 Å². The minimum absolute atomic E-state index is 0.189. The quantitative estimate of drug-likeness (QED) is 0.552. The zero-order chi connectivity index (χ0) is 13.4. The van der Waals surface area contributed by atoms with Gasteiger partial charge in [-0.15, -0.1) is 0 Å². The van der Waals surface area contributed by atoms with Gasteiger partial charge in [0.1, 0.15) is 0 Å². The molecule has 0 spiro atoms. The molecule has 0 aromatic rings. The van der Waals surface area contributed by atoms with Crippen LogP contribution in [0.15, 0.2) is 0 Å². The summed E-state index contributed by atoms with van der Waals surface area (Å²) in [6.07, 6.45) is 8.70. The summed E-state index contributed by atoms with van der Waals surface area (Å²) in [6, 6.07) is 0.811. The molecule has 112 valence electrons. The molecule has 2 fully saturated rings. The Balaban J connectivity index is 1.46. The highest BCUT2D eigenvalue weighted by molar-refractivity contribution is 4.91. The first kappa shape index (κ1) is 15.2. The normalized spacial score (nSPS) is 21.3. The summed E-state index contributed by atoms with van der Waals surface area (Å²) in [6.45, 7) is 4.09. The van der Waals surface area contributed by atoms with Crippen molar-refractivity contribution in [2.45, 2.75) is 56.6 Å². The third kappa shape index (κ3) is 5.78. The van der Waals surface area contributed by atoms with E-state index in [0.29, 0.717) is 13.2 Å². The molecule has 1 N–H and O–H groups in total. The molecular formula is C15H29NO3. The van der Waals surface area contributed by atoms with Crippen LogP contribution in [0, 0.1) is 0 Å². The monoisotopic (exact) mass is 271 g/mol. The van der Waals surface area contributed by atoms with E-state index in [1.54, 1.807) is 7.11 Å². The maximum atomic E-state index is 6.12. The lowest BCUT2D eigenvalue weighted by atomic mass is 9.77. The third-order valence-electron chi connectivity index (χ3n) is 4.13. The van der Waals surface area contributed by atoms with Gasteiger partial charge in [0, 0.05) is 26.4 Å². The summed E-state index contributed by atoms with van der Waals surface area (Å²) in [4.78, 5) is 0. The van der Waals surface area contributed by atoms with Gasteiger partial charge in [-0.25, -0.2) is 0 Å². The smallest absolute Gasteiger partial charge is 0.0700 e. The largest absolute Gasteiger partial charge is 0.382 e. The maximum absolute atomic E-state index is 6.12. The first-order chi connectivity index (χ1) is 9.35. The lowest BCUT2D eigenvalue weighted by Crippen LogP contribution is -2.43. The van der Waals surface area contributed by atoms with Crippen molar-refractivity contribution in [3.8, 4) is 0 Å². The van der Waals surface area contributed by atoms with Crippen LogP contribution >= 0.6 is 0 Å². The second-order valence-electron chi connectivity index (χ2n) is 5.82. The van der Waals surface area contributed by atoms with Crippen LogP contribution in [0.4, 0.5) is 0 Å². The standard InChI is InChI=1S/C15H29NO3/c1-17-12-13-18-10-3-11-19-15(6-2-7-15)8-9-16-14-4-5-14/h14,16H,2-13H2,1H3. The van der Waals surface area contributed by atoms with Gasteiger partial charge in [-0.2, -0.15) is 0 Å². The maximum Gasteiger partial charge on any atom is 0.0700 e. The minimum atomic E-state index is 0.189. The van der Waals surface area contributed by atoms with Crippen molar-refractivity contribution >= 4 is 0 Å². The average molecular weight is 271 g/mol. The van der Waals surface area contributed by atoms with Crippen LogP contribution in [0.25, 0.3) is 0 Å². The van der Waals surface area contributed by atoms with Crippen LogP contribution in [0.3, 0.4) is 0 Å². The van der Waals surface area contributed by atoms with E-state index in [9.17, 15) is 0 Å². The molecule has 0 bridgehead atoms. The van der Waals surface area contributed by atoms with Gasteiger partial charge in [0.2, 0.25) is 0 Å². The minimum Gasteiger partial charge on any atom is -0.382 e. The fourth-order valence-electron chi connectivity index (χ4n) is 2.52. The Morgan fingerprint density at radius 1 is 1.11 bits per heavy atom. The van der Waals surface area contributed by atoms with Crippen molar-refractivity contribution in [2.24, 2.45) is 0 Å². The highest BCUT2D eigenvalue weighted by atomic mass is 16.5. The predicted molar refractivity (Wildman–Crippen MR) is 75.5 cm³/mol. The van der Waals surface area contributed by atoms with Gasteiger partial charge in [0.05, 0.1) is 18.8 Å². The van der Waals surface area contributed by atoms with Gasteiger partial charge in [-0.05, 0) is 51.5 Å². The van der Waals surface area contributed by atoms with Gasteiger partial charge >= 0.3 is 0 Å². The van der Waals surface area contributed by atoms with Crippen molar-refractivity contribution in [2.75, 3.05) is 40.1 Å². The van der Waals surface area contributed by atoms with Gasteiger partial charge < -0.3 is 19.5 Å². The molecule has 0 aromatic heterocycles. The Labute approximate surface area is 117 Å². The Bertz CT molecular complexity index is 240. The Hall–Kier alpha value is -0.160. The van der Waals surface area contributed by atoms with Crippen LogP contribution in [-0.2, 0) is 14.2 Å². The number of methoxy groups -OCH3 is 1. The SMILES string of the molecule is COCCOCCCOC1(CCNC2CC2)CCC1. The molecule has 0 saturated heterocycles. The number of hydrogen-bond acceptors (Lipinski definition) is 4. The van der Waals surface area contributed by atoms with Crippen LogP contribution < -0.4 is 5.32 Å². The Morgan fingerprint density at radius 3 is 2.58 bits per heavy atom. The fraction of sp³-hybridized carbons (Fsp3) is 1.00. The van der Waals surface area contributed by atoms with Crippen molar-refractivity contribution in [3.05, 3.63) is 0 Å². The summed E-state index contributed by atoms with van der Waals surface area (Å²) >= 11 is 0. The first-order valence-corrected chi connectivity index (χ1v) is 7.79. The molecule has 19 heavy (non-hydrogen) atoms. The second-order valence-corrected chi connectivity index (χ2v) is 5.82. The van der Waals surface area contributed by atoms with Crippen molar-refractivity contribution in [1.29, 1.82) is 0 Å². The topological polar surface area (TPSA) is 39.7 Å². The fourth-order valence-corrected chi connectivity index (χ4v) is 2.52. The van der Waals surface area contributed by atoms with E-state index in [1.165, 1.54) is 38.5 Å². The summed E-state index contributed by atoms with van der Waals surface area (Å²) in [5.41, 5.74) is 0.189. The summed E-state index contributed by atoms with van der Waals surface area (Å²) < 4.78 is 16.5. The molecule has 0 atom stereocenters. The van der Waals surface area contributed by atoms with Crippen LogP contribution in [0.2, 0.25) is 0 Å². The van der Waals surface area contributed by atoms with Crippen molar-refractivity contribution < 1.29 is 14.2 Å². The first-order valence-electron chi connectivity index (χ1n) is 7.79. The molecule has 4 heteroatoms. The van der Waals surface area contributed by atoms with Gasteiger partial charge in [0.25, 0.3) is 0 Å². The number of rotatable bonds is 12. The highest BCUT2D eigenvalue weighted by Gasteiger charge is 2.37. The summed E-state index contributed by atoms with van der Waals surface area (Å²) in [5, 5.41) is 3.59. The average Bonchev–Trinajstić information content (AvgIpc) is 3.17. The van der Waals surface area contributed by atoms with E-state index in [-0.39, 0.29) is 5.60 Å². The molecule has 2 aliphatic carbocycles. The molecule has 2 rings (SSSR count). The van der Waals surface area contributed by atoms with E-state index in [0.717, 1.165) is 32.2 Å². The van der Waals surface area contributed by atoms with Crippen LogP contribution in [0.5, 0.6) is 0 Å². The second kappa shape index (κ2) is 8.20. The van der Waals surface area contributed by atoms with Crippen LogP contribution in [0.1, 0.15) is 44.9 Å². The molecule has 0 aliphatic heterocycles. The van der Waals surface area contributed by atoms with Gasteiger partial charge in [-0.1, -0.05) is 0 Å². The zero-order valence-electron chi connectivity index (χ0n) is 12.3. The van der Waals surface area contributed by atoms with E-state index in [1.807, 2.05) is 0 Å². The van der Waals surface area contributed by atoms with Crippen molar-refractivity contribution in [1.82, 2.24) is 5.32 Å². The van der Waals surface area contributed by atoms with E-state index in [4.69, 9.17) is 14.2 Å². The molecule has 0 unspecified atom stereocenters. The molecule has 2 aliphatic rings. The zero-order valence-corrected chi connectivity index (χ0v) is 12.3. The highest BCUT2D eigenvalue weighted by Crippen LogP contribution is 2.38. The van der Waals surface area contributed by atoms with Crippen molar-refractivity contribution in [3.63, 3.8) is 0 Å². The molecule has 0 amide bonds. The molecule has 4 nitrogen and oxygen atoms in total. The van der Waals surface area contributed by atoms with E-state index < -0.39 is 0 Å². The Kier molecular flexibility index (Phi) is 6.57.